The first-order valence-corrected chi connectivity index (χ1v) is 38.9. The first-order valence-electron chi connectivity index (χ1n) is 38.9. The number of rotatable bonds is 9. The molecule has 2 aliphatic heterocycles. The molecule has 114 heavy (non-hydrogen) atoms. The van der Waals surface area contributed by atoms with E-state index in [9.17, 15) is 0 Å². The Labute approximate surface area is 661 Å². The van der Waals surface area contributed by atoms with E-state index in [1.165, 1.54) is 66.4 Å². The van der Waals surface area contributed by atoms with Crippen molar-refractivity contribution in [2.24, 2.45) is 0 Å². The Morgan fingerprint density at radius 1 is 0.175 bits per heavy atom. The van der Waals surface area contributed by atoms with E-state index < -0.39 is 10.8 Å². The van der Waals surface area contributed by atoms with Gasteiger partial charge < -0.3 is 9.47 Å². The van der Waals surface area contributed by atoms with Gasteiger partial charge in [-0.1, -0.05) is 376 Å². The number of benzene rings is 17. The summed E-state index contributed by atoms with van der Waals surface area (Å²) in [6, 6.07) is 146. The molecule has 0 unspecified atom stereocenters. The van der Waals surface area contributed by atoms with Gasteiger partial charge in [-0.3, -0.25) is 0 Å². The summed E-state index contributed by atoms with van der Waals surface area (Å²) in [7, 11) is 0. The molecule has 0 amide bonds. The Balaban J connectivity index is 0.000000140. The second-order valence-corrected chi connectivity index (χ2v) is 29.7. The van der Waals surface area contributed by atoms with E-state index in [2.05, 4.69) is 400 Å². The van der Waals surface area contributed by atoms with E-state index in [0.29, 0.717) is 11.6 Å². The second kappa shape index (κ2) is 27.0. The maximum atomic E-state index is 7.03. The Morgan fingerprint density at radius 2 is 0.474 bits per heavy atom. The lowest BCUT2D eigenvalue weighted by Crippen LogP contribution is -2.32. The van der Waals surface area contributed by atoms with Gasteiger partial charge in [0, 0.05) is 66.8 Å². The van der Waals surface area contributed by atoms with Crippen LogP contribution in [0.5, 0.6) is 23.0 Å². The molecule has 0 saturated heterocycles. The minimum atomic E-state index is -0.536. The molecule has 6 heteroatoms. The molecule has 23 rings (SSSR count). The third-order valence-corrected chi connectivity index (χ3v) is 23.6. The molecule has 0 atom stereocenters. The summed E-state index contributed by atoms with van der Waals surface area (Å²) in [5, 5.41) is 4.67. The number of aromatic nitrogens is 4. The van der Waals surface area contributed by atoms with Crippen LogP contribution < -0.4 is 9.47 Å². The minimum absolute atomic E-state index is 0.522. The average molecular weight is 1450 g/mol. The van der Waals surface area contributed by atoms with Crippen LogP contribution in [0.1, 0.15) is 44.5 Å². The van der Waals surface area contributed by atoms with E-state index in [4.69, 9.17) is 29.4 Å². The molecule has 0 radical (unpaired) electrons. The summed E-state index contributed by atoms with van der Waals surface area (Å²) in [4.78, 5) is 21.1. The molecular formula is C108H68N4O2. The number of para-hydroxylation sites is 4. The van der Waals surface area contributed by atoms with E-state index in [1.54, 1.807) is 0 Å². The first-order chi connectivity index (χ1) is 56.5. The highest BCUT2D eigenvalue weighted by molar-refractivity contribution is 6.05. The third-order valence-electron chi connectivity index (χ3n) is 23.6. The molecule has 17 aromatic carbocycles. The highest BCUT2D eigenvalue weighted by Crippen LogP contribution is 2.65. The first kappa shape index (κ1) is 66.0. The fourth-order valence-electron chi connectivity index (χ4n) is 18.6. The van der Waals surface area contributed by atoms with E-state index in [-0.39, 0.29) is 0 Å². The highest BCUT2D eigenvalue weighted by atomic mass is 16.5. The van der Waals surface area contributed by atoms with Gasteiger partial charge in [0.2, 0.25) is 0 Å². The summed E-state index contributed by atoms with van der Waals surface area (Å²) < 4.78 is 14.0. The number of hydrogen-bond donors (Lipinski definition) is 0. The molecule has 19 aromatic rings. The fraction of sp³-hybridized carbons (Fsp3) is 0.0185. The summed E-state index contributed by atoms with van der Waals surface area (Å²) >= 11 is 0. The van der Waals surface area contributed by atoms with Gasteiger partial charge in [-0.2, -0.15) is 0 Å². The largest absolute Gasteiger partial charge is 0.456 e. The van der Waals surface area contributed by atoms with Crippen LogP contribution in [0.4, 0.5) is 0 Å². The lowest BCUT2D eigenvalue weighted by atomic mass is 9.65. The van der Waals surface area contributed by atoms with Crippen LogP contribution in [0.25, 0.3) is 145 Å². The van der Waals surface area contributed by atoms with Crippen molar-refractivity contribution >= 4 is 21.5 Å². The average Bonchev–Trinajstić information content (AvgIpc) is 1.51. The fourth-order valence-corrected chi connectivity index (χ4v) is 18.6. The van der Waals surface area contributed by atoms with Crippen molar-refractivity contribution in [1.29, 1.82) is 0 Å². The van der Waals surface area contributed by atoms with Crippen molar-refractivity contribution in [2.45, 2.75) is 10.8 Å². The molecule has 0 fully saturated rings. The van der Waals surface area contributed by atoms with Gasteiger partial charge in [0.1, 0.15) is 23.0 Å². The van der Waals surface area contributed by atoms with Gasteiger partial charge in [-0.25, -0.2) is 19.9 Å². The standard InChI is InChI=1S/C57H36N2O.C51H32N2O/c1-3-17-37(18-4-1)41-33-34-47(44-24-8-7-23-43(41)44)53-36-52(38-19-5-2-6-20-38)58-56(59-53)40-22-15-21-39(35-40)42-27-16-31-51-55(42)60-54-32-14-13-30-50(54)57(51)48-28-11-9-25-45(48)46-26-10-12-29-49(46)57;1-2-16-34(17-3-1)46-32-47(41-25-13-18-33-15-4-5-21-37(33)41)53-50(52-46)36-20-12-19-35(31-36)38-24-14-29-45-49(38)54-48-30-11-10-28-44(48)51(45)42-26-8-6-22-39(42)40-23-7-9-27-43(40)51/h1-36H;1-32H. The van der Waals surface area contributed by atoms with E-state index in [0.717, 1.165) is 134 Å². The predicted molar refractivity (Wildman–Crippen MR) is 463 cm³/mol. The van der Waals surface area contributed by atoms with Gasteiger partial charge in [0.25, 0.3) is 0 Å². The number of hydrogen-bond acceptors (Lipinski definition) is 6. The summed E-state index contributed by atoms with van der Waals surface area (Å²) in [6.45, 7) is 0. The monoisotopic (exact) mass is 1450 g/mol. The normalized spacial score (nSPS) is 13.0. The molecular weight excluding hydrogens is 1390 g/mol. The van der Waals surface area contributed by atoms with Crippen LogP contribution in [0.15, 0.2) is 413 Å². The van der Waals surface area contributed by atoms with Crippen LogP contribution in [0.3, 0.4) is 0 Å². The van der Waals surface area contributed by atoms with Crippen molar-refractivity contribution < 1.29 is 9.47 Å². The molecule has 0 bridgehead atoms. The zero-order chi connectivity index (χ0) is 75.3. The van der Waals surface area contributed by atoms with Crippen molar-refractivity contribution in [3.8, 4) is 146 Å². The molecule has 2 aromatic heterocycles. The van der Waals surface area contributed by atoms with Crippen LogP contribution in [-0.2, 0) is 10.8 Å². The lowest BCUT2D eigenvalue weighted by molar-refractivity contribution is 0.438. The third kappa shape index (κ3) is 10.5. The lowest BCUT2D eigenvalue weighted by Gasteiger charge is -2.40. The Hall–Kier alpha value is -15.0. The quantitative estimate of drug-likeness (QED) is 0.143. The van der Waals surface area contributed by atoms with Crippen molar-refractivity contribution in [1.82, 2.24) is 19.9 Å². The molecule has 4 aliphatic rings. The zero-order valence-corrected chi connectivity index (χ0v) is 61.9. The van der Waals surface area contributed by atoms with Crippen LogP contribution in [0, 0.1) is 0 Å². The van der Waals surface area contributed by atoms with Gasteiger partial charge in [0.15, 0.2) is 11.6 Å². The second-order valence-electron chi connectivity index (χ2n) is 29.7. The molecule has 6 nitrogen and oxygen atoms in total. The number of nitrogens with zero attached hydrogens (tertiary/aromatic N) is 4. The smallest absolute Gasteiger partial charge is 0.160 e. The van der Waals surface area contributed by atoms with Gasteiger partial charge >= 0.3 is 0 Å². The minimum Gasteiger partial charge on any atom is -0.456 e. The topological polar surface area (TPSA) is 70.0 Å². The van der Waals surface area contributed by atoms with Gasteiger partial charge in [-0.05, 0) is 125 Å². The molecule has 2 aliphatic carbocycles. The number of ether oxygens (including phenoxy) is 2. The van der Waals surface area contributed by atoms with Crippen LogP contribution in [0.2, 0.25) is 0 Å². The summed E-state index contributed by atoms with van der Waals surface area (Å²) in [6.07, 6.45) is 0. The maximum absolute atomic E-state index is 7.03. The van der Waals surface area contributed by atoms with Gasteiger partial charge in [-0.15, -0.1) is 0 Å². The summed E-state index contributed by atoms with van der Waals surface area (Å²) in [5.41, 5.74) is 29.8. The predicted octanol–water partition coefficient (Wildman–Crippen LogP) is 27.2. The molecule has 532 valence electrons. The highest BCUT2D eigenvalue weighted by Gasteiger charge is 2.53. The Morgan fingerprint density at radius 3 is 0.947 bits per heavy atom. The number of fused-ring (bicyclic) bond motifs is 20. The van der Waals surface area contributed by atoms with E-state index >= 15 is 0 Å². The maximum Gasteiger partial charge on any atom is 0.160 e. The molecule has 0 N–H and O–H groups in total. The molecule has 0 saturated carbocycles. The SMILES string of the molecule is c1ccc(-c2cc(-c3ccc(-c4ccccc4)c4ccccc34)nc(-c3cccc(-c4cccc5c4Oc4ccccc4C54c5ccccc5-c5ccccc54)c3)n2)cc1.c1ccc(-c2cc(-c3cccc4ccccc34)nc(-c3cccc(-c4cccc5c4Oc4ccccc4C54c5ccccc5-c5ccccc54)c3)n2)cc1. The van der Waals surface area contributed by atoms with Crippen LogP contribution >= 0.6 is 0 Å². The van der Waals surface area contributed by atoms with E-state index in [1.807, 2.05) is 12.1 Å². The van der Waals surface area contributed by atoms with Crippen molar-refractivity contribution in [3.05, 3.63) is 457 Å². The van der Waals surface area contributed by atoms with Gasteiger partial charge in [0.05, 0.1) is 33.6 Å². The molecule has 2 spiro atoms. The Bertz CT molecular complexity index is 6980. The summed E-state index contributed by atoms with van der Waals surface area (Å²) in [5.74, 6) is 4.82. The van der Waals surface area contributed by atoms with Crippen LogP contribution in [-0.4, -0.2) is 19.9 Å². The van der Waals surface area contributed by atoms with Crippen molar-refractivity contribution in [2.75, 3.05) is 0 Å². The molecule has 4 heterocycles. The zero-order valence-electron chi connectivity index (χ0n) is 61.9. The Kier molecular flexibility index (Phi) is 15.6. The van der Waals surface area contributed by atoms with Crippen molar-refractivity contribution in [3.63, 3.8) is 0 Å².